The van der Waals surface area contributed by atoms with E-state index in [9.17, 15) is 0 Å². The van der Waals surface area contributed by atoms with E-state index in [4.69, 9.17) is 0 Å². The molecule has 98 valence electrons. The maximum absolute atomic E-state index is 3.05. The van der Waals surface area contributed by atoms with Crippen LogP contribution in [-0.4, -0.2) is 0 Å². The Labute approximate surface area is 143 Å². The largest absolute Gasteiger partial charge is 4.00 e. The van der Waals surface area contributed by atoms with Gasteiger partial charge in [-0.05, 0) is 0 Å². The van der Waals surface area contributed by atoms with Gasteiger partial charge in [0.1, 0.15) is 0 Å². The monoisotopic (exact) mass is 360 g/mol. The predicted octanol–water partition coefficient (Wildman–Crippen LogP) is -1.66. The van der Waals surface area contributed by atoms with E-state index in [2.05, 4.69) is 52.8 Å². The Morgan fingerprint density at radius 3 is 1.50 bits per heavy atom. The summed E-state index contributed by atoms with van der Waals surface area (Å²) in [4.78, 5) is 0. The average molecular weight is 362 g/mol. The molecule has 3 heteroatoms. The van der Waals surface area contributed by atoms with E-state index >= 15 is 0 Å². The van der Waals surface area contributed by atoms with Crippen molar-refractivity contribution < 1.29 is 51.0 Å². The molecule has 0 saturated heterocycles. The van der Waals surface area contributed by atoms with Crippen molar-refractivity contribution in [1.82, 2.24) is 0 Å². The average Bonchev–Trinajstić information content (AvgIpc) is 2.73. The van der Waals surface area contributed by atoms with E-state index < -0.39 is 0 Å². The summed E-state index contributed by atoms with van der Waals surface area (Å²) in [6.07, 6.45) is 8.24. The van der Waals surface area contributed by atoms with Crippen molar-refractivity contribution in [3.63, 3.8) is 0 Å². The van der Waals surface area contributed by atoms with E-state index in [0.717, 1.165) is 6.42 Å². The molecule has 0 aliphatic heterocycles. The molecule has 0 atom stereocenters. The fraction of sp³-hybridized carbons (Fsp3) is 0.400. The van der Waals surface area contributed by atoms with Gasteiger partial charge in [0.25, 0.3) is 0 Å². The standard InChI is InChI=1S/C9H13.C6H7.2ClH.Zr/c1-6-5-7(2)9(4)8(6)3;1-6-4-2-3-5-6;;;/h5H,1-4H3;4-5H,2H2,1H3;2*1H;/q2*-1;;;+4/p-2. The van der Waals surface area contributed by atoms with E-state index in [0.29, 0.717) is 0 Å². The van der Waals surface area contributed by atoms with Crippen LogP contribution in [0.1, 0.15) is 35.6 Å². The number of hydrogen-bond donors (Lipinski definition) is 0. The molecule has 0 nitrogen and oxygen atoms in total. The summed E-state index contributed by atoms with van der Waals surface area (Å²) in [7, 11) is 0. The number of allylic oxidation sites excluding steroid dienone is 4. The van der Waals surface area contributed by atoms with Crippen LogP contribution in [0.25, 0.3) is 0 Å². The molecule has 0 spiro atoms. The number of hydrogen-bond acceptors (Lipinski definition) is 0. The fourth-order valence-electron chi connectivity index (χ4n) is 1.63. The summed E-state index contributed by atoms with van der Waals surface area (Å²) in [5.74, 6) is 0. The Morgan fingerprint density at radius 1 is 0.944 bits per heavy atom. The maximum Gasteiger partial charge on any atom is 4.00 e. The minimum Gasteiger partial charge on any atom is -1.00 e. The Kier molecular flexibility index (Phi) is 14.5. The minimum atomic E-state index is 0. The second-order valence-corrected chi connectivity index (χ2v) is 4.26. The topological polar surface area (TPSA) is 0 Å². The van der Waals surface area contributed by atoms with Crippen LogP contribution in [0.15, 0.2) is 23.8 Å². The van der Waals surface area contributed by atoms with Crippen LogP contribution in [0.4, 0.5) is 0 Å². The number of rotatable bonds is 0. The van der Waals surface area contributed by atoms with Crippen molar-refractivity contribution in [2.45, 2.75) is 41.0 Å². The third-order valence-electron chi connectivity index (χ3n) is 3.05. The van der Waals surface area contributed by atoms with Gasteiger partial charge in [-0.25, -0.2) is 11.6 Å². The SMILES string of the molecule is CC1=CC[C-]=C1.Cc1[cH-]c(C)c(C)c1C.[Cl-].[Cl-].[Zr+4]. The zero-order valence-electron chi connectivity index (χ0n) is 11.7. The van der Waals surface area contributed by atoms with Crippen molar-refractivity contribution in [3.8, 4) is 0 Å². The Morgan fingerprint density at radius 2 is 1.39 bits per heavy atom. The summed E-state index contributed by atoms with van der Waals surface area (Å²) in [6.45, 7) is 10.8. The molecule has 0 heterocycles. The van der Waals surface area contributed by atoms with Crippen LogP contribution >= 0.6 is 0 Å². The van der Waals surface area contributed by atoms with Crippen molar-refractivity contribution in [1.29, 1.82) is 0 Å². The van der Waals surface area contributed by atoms with Crippen LogP contribution < -0.4 is 24.8 Å². The van der Waals surface area contributed by atoms with Gasteiger partial charge in [0.2, 0.25) is 0 Å². The fourth-order valence-corrected chi connectivity index (χ4v) is 1.63. The van der Waals surface area contributed by atoms with Crippen LogP contribution in [0.2, 0.25) is 0 Å². The first kappa shape index (κ1) is 23.4. The quantitative estimate of drug-likeness (QED) is 0.485. The van der Waals surface area contributed by atoms with Crippen LogP contribution in [0, 0.1) is 33.8 Å². The first-order valence-electron chi connectivity index (χ1n) is 5.46. The summed E-state index contributed by atoms with van der Waals surface area (Å²) >= 11 is 0. The van der Waals surface area contributed by atoms with Crippen LogP contribution in [0.3, 0.4) is 0 Å². The molecule has 0 amide bonds. The molecule has 0 saturated carbocycles. The molecule has 1 aromatic carbocycles. The van der Waals surface area contributed by atoms with Gasteiger partial charge in [0, 0.05) is 0 Å². The van der Waals surface area contributed by atoms with Crippen molar-refractivity contribution in [3.05, 3.63) is 52.1 Å². The van der Waals surface area contributed by atoms with Gasteiger partial charge in [0.05, 0.1) is 0 Å². The van der Waals surface area contributed by atoms with Crippen molar-refractivity contribution in [2.75, 3.05) is 0 Å². The van der Waals surface area contributed by atoms with Gasteiger partial charge in [-0.1, -0.05) is 27.7 Å². The predicted molar refractivity (Wildman–Crippen MR) is 67.2 cm³/mol. The molecule has 0 bridgehead atoms. The van der Waals surface area contributed by atoms with Gasteiger partial charge in [-0.3, -0.25) is 6.08 Å². The van der Waals surface area contributed by atoms with Gasteiger partial charge in [-0.15, -0.1) is 13.3 Å². The van der Waals surface area contributed by atoms with E-state index in [1.807, 2.05) is 6.08 Å². The van der Waals surface area contributed by atoms with Crippen molar-refractivity contribution >= 4 is 0 Å². The summed E-state index contributed by atoms with van der Waals surface area (Å²) in [5, 5.41) is 0. The zero-order chi connectivity index (χ0) is 11.4. The third kappa shape index (κ3) is 7.02. The van der Waals surface area contributed by atoms with Crippen LogP contribution in [-0.2, 0) is 26.2 Å². The van der Waals surface area contributed by atoms with Crippen LogP contribution in [0.5, 0.6) is 0 Å². The van der Waals surface area contributed by atoms with Gasteiger partial charge in [-0.2, -0.15) is 34.4 Å². The Balaban J connectivity index is -0.000000225. The van der Waals surface area contributed by atoms with Gasteiger partial charge in [0.15, 0.2) is 0 Å². The summed E-state index contributed by atoms with van der Waals surface area (Å²) < 4.78 is 0. The van der Waals surface area contributed by atoms with Crippen molar-refractivity contribution in [2.24, 2.45) is 0 Å². The summed E-state index contributed by atoms with van der Waals surface area (Å²) in [5.41, 5.74) is 7.09. The molecule has 0 radical (unpaired) electrons. The van der Waals surface area contributed by atoms with E-state index in [-0.39, 0.29) is 51.0 Å². The first-order chi connectivity index (χ1) is 7.02. The van der Waals surface area contributed by atoms with E-state index in [1.165, 1.54) is 27.8 Å². The minimum absolute atomic E-state index is 0. The third-order valence-corrected chi connectivity index (χ3v) is 3.05. The molecular weight excluding hydrogens is 342 g/mol. The molecule has 2 rings (SSSR count). The Bertz CT molecular complexity index is 376. The second-order valence-electron chi connectivity index (χ2n) is 4.26. The molecule has 0 aromatic heterocycles. The number of aryl methyl sites for hydroxylation is 2. The molecule has 0 unspecified atom stereocenters. The first-order valence-corrected chi connectivity index (χ1v) is 5.46. The number of halogens is 2. The van der Waals surface area contributed by atoms with Gasteiger partial charge >= 0.3 is 26.2 Å². The molecule has 1 aliphatic carbocycles. The molecule has 18 heavy (non-hydrogen) atoms. The Hall–Kier alpha value is 0.293. The maximum atomic E-state index is 3.05. The smallest absolute Gasteiger partial charge is 1.00 e. The summed E-state index contributed by atoms with van der Waals surface area (Å²) in [6, 6.07) is 2.24. The molecule has 0 fully saturated rings. The molecule has 1 aromatic rings. The molecule has 1 aliphatic rings. The molecule has 0 N–H and O–H groups in total. The van der Waals surface area contributed by atoms with Gasteiger partial charge < -0.3 is 24.8 Å². The second kappa shape index (κ2) is 11.1. The zero-order valence-corrected chi connectivity index (χ0v) is 15.7. The normalized spacial score (nSPS) is 11.3. The van der Waals surface area contributed by atoms with E-state index in [1.54, 1.807) is 0 Å². The molecular formula is C15H20Cl2Zr.